The summed E-state index contributed by atoms with van der Waals surface area (Å²) >= 11 is 0. The van der Waals surface area contributed by atoms with Crippen molar-refractivity contribution in [2.45, 2.75) is 37.1 Å². The molecular formula is C25H28FN5O2S. The monoisotopic (exact) mass is 481 g/mol. The molecule has 0 amide bonds. The van der Waals surface area contributed by atoms with Crippen LogP contribution >= 0.6 is 0 Å². The van der Waals surface area contributed by atoms with Crippen LogP contribution < -0.4 is 4.90 Å². The van der Waals surface area contributed by atoms with Gasteiger partial charge in [0.1, 0.15) is 23.7 Å². The predicted octanol–water partition coefficient (Wildman–Crippen LogP) is 3.78. The van der Waals surface area contributed by atoms with Gasteiger partial charge in [0.25, 0.3) is 0 Å². The minimum atomic E-state index is -3.58. The minimum Gasteiger partial charge on any atom is -0.371 e. The van der Waals surface area contributed by atoms with E-state index in [2.05, 4.69) is 19.7 Å². The second kappa shape index (κ2) is 8.46. The lowest BCUT2D eigenvalue weighted by Gasteiger charge is -2.26. The maximum Gasteiger partial charge on any atom is 0.221 e. The number of piperidine rings is 1. The van der Waals surface area contributed by atoms with Crippen LogP contribution in [0.1, 0.15) is 41.7 Å². The molecule has 9 heteroatoms. The normalized spacial score (nSPS) is 28.4. The zero-order chi connectivity index (χ0) is 23.3. The number of nitrogens with zero attached hydrogens (tertiary/aromatic N) is 5. The number of hydrogen-bond donors (Lipinski definition) is 0. The summed E-state index contributed by atoms with van der Waals surface area (Å²) in [7, 11) is -3.58. The van der Waals surface area contributed by atoms with Gasteiger partial charge in [0, 0.05) is 55.3 Å². The first kappa shape index (κ1) is 21.7. The molecule has 7 nitrogen and oxygen atoms in total. The summed E-state index contributed by atoms with van der Waals surface area (Å²) in [5.74, 6) is 0.732. The van der Waals surface area contributed by atoms with E-state index >= 15 is 4.39 Å². The average Bonchev–Trinajstić information content (AvgIpc) is 3.19. The van der Waals surface area contributed by atoms with E-state index in [9.17, 15) is 8.42 Å². The lowest BCUT2D eigenvalue weighted by Crippen LogP contribution is -2.34. The Labute approximate surface area is 199 Å². The lowest BCUT2D eigenvalue weighted by atomic mass is 10.1. The molecule has 3 heterocycles. The van der Waals surface area contributed by atoms with Crippen LogP contribution in [0.15, 0.2) is 61.2 Å². The van der Waals surface area contributed by atoms with Crippen molar-refractivity contribution < 1.29 is 12.8 Å². The number of halogens is 1. The van der Waals surface area contributed by atoms with E-state index in [0.717, 1.165) is 37.2 Å². The second-order valence-electron chi connectivity index (χ2n) is 9.68. The molecule has 178 valence electrons. The highest BCUT2D eigenvalue weighted by Gasteiger charge is 2.57. The van der Waals surface area contributed by atoms with Crippen molar-refractivity contribution in [2.75, 3.05) is 24.5 Å². The second-order valence-corrected chi connectivity index (χ2v) is 11.8. The van der Waals surface area contributed by atoms with E-state index in [-0.39, 0.29) is 12.4 Å². The first-order chi connectivity index (χ1) is 16.5. The molecule has 0 spiro atoms. The van der Waals surface area contributed by atoms with E-state index in [1.54, 1.807) is 24.8 Å². The van der Waals surface area contributed by atoms with Gasteiger partial charge in [0.05, 0.1) is 0 Å². The average molecular weight is 482 g/mol. The molecule has 1 aromatic heterocycles. The molecule has 1 unspecified atom stereocenters. The first-order valence-corrected chi connectivity index (χ1v) is 13.4. The van der Waals surface area contributed by atoms with Crippen LogP contribution in [-0.2, 0) is 16.6 Å². The molecule has 2 saturated heterocycles. The van der Waals surface area contributed by atoms with E-state index in [1.165, 1.54) is 4.31 Å². The van der Waals surface area contributed by atoms with E-state index < -0.39 is 15.3 Å². The number of hydrogen-bond acceptors (Lipinski definition) is 5. The van der Waals surface area contributed by atoms with Gasteiger partial charge in [-0.3, -0.25) is 0 Å². The molecule has 34 heavy (non-hydrogen) atoms. The van der Waals surface area contributed by atoms with Gasteiger partial charge in [-0.05, 0) is 30.5 Å². The molecule has 2 aliphatic heterocycles. The third kappa shape index (κ3) is 3.80. The van der Waals surface area contributed by atoms with Gasteiger partial charge < -0.3 is 9.47 Å². The summed E-state index contributed by atoms with van der Waals surface area (Å²) in [5.41, 5.74) is 2.09. The van der Waals surface area contributed by atoms with E-state index in [0.29, 0.717) is 36.4 Å². The van der Waals surface area contributed by atoms with Gasteiger partial charge in [-0.1, -0.05) is 42.8 Å². The minimum absolute atomic E-state index is 0.0682. The molecule has 3 aromatic rings. The Bertz CT molecular complexity index is 1260. The highest BCUT2D eigenvalue weighted by atomic mass is 32.2. The Balaban J connectivity index is 1.16. The maximum absolute atomic E-state index is 15.2. The Hall–Kier alpha value is -2.78. The molecule has 0 radical (unpaired) electrons. The third-order valence-corrected chi connectivity index (χ3v) is 9.95. The molecule has 2 aromatic carbocycles. The zero-order valence-electron chi connectivity index (χ0n) is 18.9. The molecule has 0 bridgehead atoms. The topological polar surface area (TPSA) is 71.3 Å². The van der Waals surface area contributed by atoms with Crippen LogP contribution in [0.3, 0.4) is 0 Å². The fourth-order valence-electron chi connectivity index (χ4n) is 5.81. The molecule has 0 N–H and O–H groups in total. The summed E-state index contributed by atoms with van der Waals surface area (Å²) < 4.78 is 45.7. The largest absolute Gasteiger partial charge is 0.371 e. The maximum atomic E-state index is 15.2. The molecule has 4 atom stereocenters. The van der Waals surface area contributed by atoms with Crippen molar-refractivity contribution >= 4 is 15.7 Å². The lowest BCUT2D eigenvalue weighted by molar-refractivity contribution is 0.398. The molecule has 1 saturated carbocycles. The summed E-state index contributed by atoms with van der Waals surface area (Å²) in [6.45, 7) is 2.25. The van der Waals surface area contributed by atoms with Gasteiger partial charge in [-0.25, -0.2) is 12.8 Å². The Kier molecular flexibility index (Phi) is 5.41. The van der Waals surface area contributed by atoms with Crippen LogP contribution in [0.2, 0.25) is 0 Å². The van der Waals surface area contributed by atoms with Gasteiger partial charge in [0.15, 0.2) is 0 Å². The SMILES string of the molecule is O=S1(=O)[C@H](c2ccccc2)CCCCN1Cc1ccc(N2C[C@@H]3C(n4cnnc4)[C@@H]3C2)cc1F. The third-order valence-electron chi connectivity index (χ3n) is 7.69. The van der Waals surface area contributed by atoms with Crippen molar-refractivity contribution in [3.8, 4) is 0 Å². The highest BCUT2D eigenvalue weighted by molar-refractivity contribution is 7.89. The van der Waals surface area contributed by atoms with Crippen LogP contribution in [0.5, 0.6) is 0 Å². The number of benzene rings is 2. The van der Waals surface area contributed by atoms with Crippen LogP contribution in [0, 0.1) is 17.7 Å². The fraction of sp³-hybridized carbons (Fsp3) is 0.440. The summed E-state index contributed by atoms with van der Waals surface area (Å²) in [4.78, 5) is 2.22. The number of aromatic nitrogens is 3. The quantitative estimate of drug-likeness (QED) is 0.555. The van der Waals surface area contributed by atoms with Crippen molar-refractivity contribution in [2.24, 2.45) is 11.8 Å². The van der Waals surface area contributed by atoms with Crippen molar-refractivity contribution in [1.82, 2.24) is 19.1 Å². The van der Waals surface area contributed by atoms with Crippen molar-refractivity contribution in [3.63, 3.8) is 0 Å². The standard InChI is InChI=1S/C25H28FN5O2S/c26-23-12-20(29-14-21-22(15-29)25(21)30-16-27-28-17-30)10-9-19(23)13-31-11-5-4-8-24(34(31,32)33)18-6-2-1-3-7-18/h1-3,6-7,9-10,12,16-17,21-22,24-25H,4-5,8,11,13-15H2/t21-,22+,24-,25?/m0/s1. The van der Waals surface area contributed by atoms with Crippen molar-refractivity contribution in [3.05, 3.63) is 78.1 Å². The summed E-state index contributed by atoms with van der Waals surface area (Å²) in [5, 5.41) is 7.22. The smallest absolute Gasteiger partial charge is 0.221 e. The molecule has 6 rings (SSSR count). The molecule has 3 fully saturated rings. The van der Waals surface area contributed by atoms with E-state index in [4.69, 9.17) is 0 Å². The highest BCUT2D eigenvalue weighted by Crippen LogP contribution is 2.55. The molecular weight excluding hydrogens is 453 g/mol. The number of sulfonamides is 1. The Morgan fingerprint density at radius 2 is 1.71 bits per heavy atom. The van der Waals surface area contributed by atoms with Gasteiger partial charge in [0.2, 0.25) is 10.0 Å². The van der Waals surface area contributed by atoms with Gasteiger partial charge in [-0.2, -0.15) is 4.31 Å². The number of anilines is 1. The Morgan fingerprint density at radius 1 is 0.971 bits per heavy atom. The summed E-state index contributed by atoms with van der Waals surface area (Å²) in [6, 6.07) is 15.1. The molecule has 3 aliphatic rings. The van der Waals surface area contributed by atoms with Gasteiger partial charge >= 0.3 is 0 Å². The van der Waals surface area contributed by atoms with E-state index in [1.807, 2.05) is 36.4 Å². The predicted molar refractivity (Wildman–Crippen MR) is 127 cm³/mol. The first-order valence-electron chi connectivity index (χ1n) is 11.9. The number of rotatable bonds is 5. The van der Waals surface area contributed by atoms with Crippen LogP contribution in [0.4, 0.5) is 10.1 Å². The summed E-state index contributed by atoms with van der Waals surface area (Å²) in [6.07, 6.45) is 5.75. The van der Waals surface area contributed by atoms with Crippen LogP contribution in [0.25, 0.3) is 0 Å². The Morgan fingerprint density at radius 3 is 2.41 bits per heavy atom. The zero-order valence-corrected chi connectivity index (χ0v) is 19.7. The van der Waals surface area contributed by atoms with Gasteiger partial charge in [-0.15, -0.1) is 10.2 Å². The molecule has 1 aliphatic carbocycles. The fourth-order valence-corrected chi connectivity index (χ4v) is 7.84. The van der Waals surface area contributed by atoms with Crippen LogP contribution in [-0.4, -0.2) is 47.1 Å². The number of fused-ring (bicyclic) bond motifs is 1. The van der Waals surface area contributed by atoms with Crippen molar-refractivity contribution in [1.29, 1.82) is 0 Å².